The van der Waals surface area contributed by atoms with E-state index in [4.69, 9.17) is 10.8 Å². The van der Waals surface area contributed by atoms with E-state index in [1.807, 2.05) is 0 Å². The van der Waals surface area contributed by atoms with Crippen LogP contribution in [0, 0.1) is 11.8 Å². The zero-order valence-corrected chi connectivity index (χ0v) is 7.01. The van der Waals surface area contributed by atoms with Crippen molar-refractivity contribution >= 4 is 0 Å². The molecule has 0 rings (SSSR count). The van der Waals surface area contributed by atoms with Crippen LogP contribution in [0.2, 0.25) is 0 Å². The lowest BCUT2D eigenvalue weighted by Crippen LogP contribution is -2.17. The molecule has 0 saturated carbocycles. The third-order valence-electron chi connectivity index (χ3n) is 1.68. The molecule has 3 N–H and O–H groups in total. The van der Waals surface area contributed by atoms with Gasteiger partial charge in [-0.2, -0.15) is 0 Å². The molecule has 0 fully saturated rings. The minimum Gasteiger partial charge on any atom is -0.396 e. The Morgan fingerprint density at radius 1 is 1.40 bits per heavy atom. The van der Waals surface area contributed by atoms with Crippen LogP contribution in [0.4, 0.5) is 0 Å². The second kappa shape index (κ2) is 5.69. The van der Waals surface area contributed by atoms with Crippen LogP contribution in [-0.2, 0) is 0 Å². The first-order valence-electron chi connectivity index (χ1n) is 4.01. The number of hydrogen-bond donors (Lipinski definition) is 2. The van der Waals surface area contributed by atoms with Crippen LogP contribution in [0.3, 0.4) is 0 Å². The first kappa shape index (κ1) is 9.92. The van der Waals surface area contributed by atoms with Gasteiger partial charge in [0.05, 0.1) is 0 Å². The Morgan fingerprint density at radius 2 is 2.00 bits per heavy atom. The highest BCUT2D eigenvalue weighted by Crippen LogP contribution is 2.12. The lowest BCUT2D eigenvalue weighted by Gasteiger charge is -2.14. The van der Waals surface area contributed by atoms with Gasteiger partial charge in [-0.25, -0.2) is 0 Å². The maximum atomic E-state index is 8.63. The van der Waals surface area contributed by atoms with Gasteiger partial charge in [-0.3, -0.25) is 0 Å². The smallest absolute Gasteiger partial charge is 0.0434 e. The Balaban J connectivity index is 3.39. The molecular weight excluding hydrogens is 126 g/mol. The van der Waals surface area contributed by atoms with Crippen LogP contribution < -0.4 is 5.73 Å². The van der Waals surface area contributed by atoms with Gasteiger partial charge >= 0.3 is 0 Å². The summed E-state index contributed by atoms with van der Waals surface area (Å²) in [5.74, 6) is 1.21. The van der Waals surface area contributed by atoms with Crippen molar-refractivity contribution in [3.05, 3.63) is 0 Å². The molecule has 0 spiro atoms. The van der Waals surface area contributed by atoms with E-state index in [-0.39, 0.29) is 6.61 Å². The lowest BCUT2D eigenvalue weighted by atomic mass is 9.95. The Labute approximate surface area is 63.4 Å². The number of rotatable bonds is 5. The van der Waals surface area contributed by atoms with Gasteiger partial charge in [-0.15, -0.1) is 0 Å². The number of nitrogens with two attached hydrogens (primary N) is 1. The number of hydrogen-bond acceptors (Lipinski definition) is 2. The minimum absolute atomic E-state index is 0.272. The molecule has 62 valence electrons. The standard InChI is InChI=1S/C8H19NO/c1-7(2)5-8(6-9)3-4-10/h7-8,10H,3-6,9H2,1-2H3. The van der Waals surface area contributed by atoms with Crippen molar-refractivity contribution in [2.75, 3.05) is 13.2 Å². The largest absolute Gasteiger partial charge is 0.396 e. The SMILES string of the molecule is CC(C)CC(CN)CCO. The van der Waals surface area contributed by atoms with Gasteiger partial charge in [-0.05, 0) is 31.2 Å². The molecule has 0 amide bonds. The second-order valence-electron chi connectivity index (χ2n) is 3.24. The summed E-state index contributed by atoms with van der Waals surface area (Å²) in [4.78, 5) is 0. The minimum atomic E-state index is 0.272. The highest BCUT2D eigenvalue weighted by Gasteiger charge is 2.07. The Hall–Kier alpha value is -0.0800. The molecule has 0 heterocycles. The van der Waals surface area contributed by atoms with Crippen LogP contribution in [0.1, 0.15) is 26.7 Å². The highest BCUT2D eigenvalue weighted by molar-refractivity contribution is 4.61. The quantitative estimate of drug-likeness (QED) is 0.606. The third kappa shape index (κ3) is 4.77. The van der Waals surface area contributed by atoms with Crippen LogP contribution in [0.5, 0.6) is 0 Å². The highest BCUT2D eigenvalue weighted by atomic mass is 16.3. The summed E-state index contributed by atoms with van der Waals surface area (Å²) in [6.45, 7) is 5.34. The average molecular weight is 145 g/mol. The van der Waals surface area contributed by atoms with Crippen LogP contribution in [0.15, 0.2) is 0 Å². The van der Waals surface area contributed by atoms with Crippen LogP contribution in [-0.4, -0.2) is 18.3 Å². The summed E-state index contributed by atoms with van der Waals surface area (Å²) in [5, 5.41) is 8.63. The molecular formula is C8H19NO. The van der Waals surface area contributed by atoms with Crippen molar-refractivity contribution in [3.63, 3.8) is 0 Å². The molecule has 0 aromatic heterocycles. The molecule has 2 nitrogen and oxygen atoms in total. The number of aliphatic hydroxyl groups is 1. The first-order chi connectivity index (χ1) is 4.70. The van der Waals surface area contributed by atoms with Crippen LogP contribution >= 0.6 is 0 Å². The van der Waals surface area contributed by atoms with E-state index in [9.17, 15) is 0 Å². The molecule has 0 aromatic rings. The Kier molecular flexibility index (Phi) is 5.64. The van der Waals surface area contributed by atoms with E-state index in [1.54, 1.807) is 0 Å². The zero-order valence-electron chi connectivity index (χ0n) is 7.01. The topological polar surface area (TPSA) is 46.2 Å². The van der Waals surface area contributed by atoms with Gasteiger partial charge in [0.2, 0.25) is 0 Å². The van der Waals surface area contributed by atoms with Crippen LogP contribution in [0.25, 0.3) is 0 Å². The van der Waals surface area contributed by atoms with E-state index >= 15 is 0 Å². The lowest BCUT2D eigenvalue weighted by molar-refractivity contribution is 0.245. The molecule has 0 aliphatic heterocycles. The maximum absolute atomic E-state index is 8.63. The van der Waals surface area contributed by atoms with E-state index in [1.165, 1.54) is 0 Å². The van der Waals surface area contributed by atoms with Gasteiger partial charge in [0, 0.05) is 6.61 Å². The predicted molar refractivity (Wildman–Crippen MR) is 43.7 cm³/mol. The predicted octanol–water partition coefficient (Wildman–Crippen LogP) is 0.990. The van der Waals surface area contributed by atoms with Gasteiger partial charge in [-0.1, -0.05) is 13.8 Å². The molecule has 0 radical (unpaired) electrons. The van der Waals surface area contributed by atoms with Gasteiger partial charge in [0.1, 0.15) is 0 Å². The third-order valence-corrected chi connectivity index (χ3v) is 1.68. The fourth-order valence-corrected chi connectivity index (χ4v) is 1.18. The zero-order chi connectivity index (χ0) is 7.98. The molecule has 0 bridgehead atoms. The van der Waals surface area contributed by atoms with Crippen molar-refractivity contribution in [3.8, 4) is 0 Å². The van der Waals surface area contributed by atoms with Crippen molar-refractivity contribution in [2.24, 2.45) is 17.6 Å². The molecule has 1 unspecified atom stereocenters. The fourth-order valence-electron chi connectivity index (χ4n) is 1.18. The average Bonchev–Trinajstić information content (AvgIpc) is 1.86. The van der Waals surface area contributed by atoms with E-state index in [0.29, 0.717) is 18.4 Å². The van der Waals surface area contributed by atoms with Gasteiger partial charge < -0.3 is 10.8 Å². The van der Waals surface area contributed by atoms with Crippen molar-refractivity contribution in [2.45, 2.75) is 26.7 Å². The first-order valence-corrected chi connectivity index (χ1v) is 4.01. The molecule has 0 aliphatic rings. The normalized spacial score (nSPS) is 14.1. The van der Waals surface area contributed by atoms with Gasteiger partial charge in [0.25, 0.3) is 0 Å². The molecule has 1 atom stereocenters. The summed E-state index contributed by atoms with van der Waals surface area (Å²) < 4.78 is 0. The van der Waals surface area contributed by atoms with E-state index < -0.39 is 0 Å². The monoisotopic (exact) mass is 145 g/mol. The van der Waals surface area contributed by atoms with Crippen molar-refractivity contribution in [1.29, 1.82) is 0 Å². The van der Waals surface area contributed by atoms with Gasteiger partial charge in [0.15, 0.2) is 0 Å². The summed E-state index contributed by atoms with van der Waals surface area (Å²) in [6, 6.07) is 0. The number of aliphatic hydroxyl groups excluding tert-OH is 1. The van der Waals surface area contributed by atoms with Crippen molar-refractivity contribution in [1.82, 2.24) is 0 Å². The molecule has 0 aliphatic carbocycles. The Morgan fingerprint density at radius 3 is 2.30 bits per heavy atom. The Bertz CT molecular complexity index is 73.7. The summed E-state index contributed by atoms with van der Waals surface area (Å²) >= 11 is 0. The molecule has 0 aromatic carbocycles. The second-order valence-corrected chi connectivity index (χ2v) is 3.24. The summed E-state index contributed by atoms with van der Waals surface area (Å²) in [5.41, 5.74) is 5.50. The molecule has 10 heavy (non-hydrogen) atoms. The fraction of sp³-hybridized carbons (Fsp3) is 1.00. The maximum Gasteiger partial charge on any atom is 0.0434 e. The summed E-state index contributed by atoms with van der Waals surface area (Å²) in [6.07, 6.45) is 1.99. The van der Waals surface area contributed by atoms with E-state index in [0.717, 1.165) is 12.8 Å². The summed E-state index contributed by atoms with van der Waals surface area (Å²) in [7, 11) is 0. The van der Waals surface area contributed by atoms with E-state index in [2.05, 4.69) is 13.8 Å². The molecule has 0 saturated heterocycles. The molecule has 2 heteroatoms. The van der Waals surface area contributed by atoms with Crippen molar-refractivity contribution < 1.29 is 5.11 Å².